The number of nitrogens with zero attached hydrogens (tertiary/aromatic N) is 4. The number of aromatic nitrogens is 3. The number of aromatic amines is 1. The van der Waals surface area contributed by atoms with Gasteiger partial charge in [0.1, 0.15) is 11.5 Å². The first kappa shape index (κ1) is 20.0. The van der Waals surface area contributed by atoms with E-state index in [4.69, 9.17) is 11.6 Å². The second-order valence-electron chi connectivity index (χ2n) is 8.21. The average Bonchev–Trinajstić information content (AvgIpc) is 3.27. The molecular weight excluding hydrogens is 425 g/mol. The van der Waals surface area contributed by atoms with Gasteiger partial charge in [0, 0.05) is 24.5 Å². The van der Waals surface area contributed by atoms with Crippen LogP contribution in [0.15, 0.2) is 24.4 Å². The maximum atomic E-state index is 13.7. The third kappa shape index (κ3) is 3.11. The maximum absolute atomic E-state index is 13.7. The lowest BCUT2D eigenvalue weighted by Crippen LogP contribution is -2.43. The summed E-state index contributed by atoms with van der Waals surface area (Å²) < 4.78 is 15.5. The predicted octanol–water partition coefficient (Wildman–Crippen LogP) is 2.41. The minimum Gasteiger partial charge on any atom is -0.394 e. The monoisotopic (exact) mass is 445 g/mol. The van der Waals surface area contributed by atoms with Crippen molar-refractivity contribution in [3.63, 3.8) is 0 Å². The van der Waals surface area contributed by atoms with E-state index in [1.165, 1.54) is 12.3 Å². The molecule has 2 aromatic heterocycles. The molecule has 2 N–H and O–H groups in total. The molecule has 1 aliphatic carbocycles. The van der Waals surface area contributed by atoms with Crippen molar-refractivity contribution in [3.05, 3.63) is 52.2 Å². The molecule has 1 aromatic carbocycles. The smallest absolute Gasteiger partial charge is 0.270 e. The molecule has 162 valence electrons. The first-order chi connectivity index (χ1) is 14.8. The molecule has 1 saturated carbocycles. The number of benzene rings is 1. The Labute approximate surface area is 182 Å². The standard InChI is InChI=1S/C21H21ClFN5O3/c1-26(21(11-29)4-5-21)19(30)13-9-24-28-7-6-27(10-17(13)28)20(31)16-8-12-15(25-16)3-2-14(23)18(12)22/h2-3,8-9,25,29H,4-7,10-11H2,1H3. The summed E-state index contributed by atoms with van der Waals surface area (Å²) >= 11 is 6.03. The second-order valence-corrected chi connectivity index (χ2v) is 8.58. The highest BCUT2D eigenvalue weighted by molar-refractivity contribution is 6.35. The lowest BCUT2D eigenvalue weighted by molar-refractivity contribution is 0.0608. The normalized spacial score (nSPS) is 17.0. The molecule has 0 saturated heterocycles. The fourth-order valence-electron chi connectivity index (χ4n) is 4.16. The Kier molecular flexibility index (Phi) is 4.56. The number of carbonyl (C=O) groups is 2. The van der Waals surface area contributed by atoms with E-state index >= 15 is 0 Å². The molecule has 8 nitrogen and oxygen atoms in total. The van der Waals surface area contributed by atoms with E-state index in [9.17, 15) is 19.1 Å². The minimum atomic E-state index is -0.544. The number of halogens is 2. The van der Waals surface area contributed by atoms with Crippen molar-refractivity contribution < 1.29 is 19.1 Å². The third-order valence-corrected chi connectivity index (χ3v) is 6.83. The van der Waals surface area contributed by atoms with E-state index in [0.29, 0.717) is 40.9 Å². The molecule has 0 radical (unpaired) electrons. The highest BCUT2D eigenvalue weighted by atomic mass is 35.5. The van der Waals surface area contributed by atoms with Crippen LogP contribution in [0, 0.1) is 5.82 Å². The minimum absolute atomic E-state index is 0.0293. The molecule has 0 unspecified atom stereocenters. The second kappa shape index (κ2) is 7.06. The number of hydrogen-bond acceptors (Lipinski definition) is 4. The third-order valence-electron chi connectivity index (χ3n) is 6.45. The van der Waals surface area contributed by atoms with Crippen molar-refractivity contribution in [1.82, 2.24) is 24.6 Å². The molecule has 3 heterocycles. The lowest BCUT2D eigenvalue weighted by atomic mass is 10.1. The van der Waals surface area contributed by atoms with E-state index in [1.807, 2.05) is 0 Å². The van der Waals surface area contributed by atoms with Crippen LogP contribution in [-0.4, -0.2) is 67.2 Å². The van der Waals surface area contributed by atoms with Gasteiger partial charge in [0.15, 0.2) is 0 Å². The van der Waals surface area contributed by atoms with Crippen LogP contribution in [0.3, 0.4) is 0 Å². The molecule has 0 atom stereocenters. The van der Waals surface area contributed by atoms with E-state index < -0.39 is 11.4 Å². The molecule has 0 spiro atoms. The van der Waals surface area contributed by atoms with Crippen LogP contribution < -0.4 is 0 Å². The summed E-state index contributed by atoms with van der Waals surface area (Å²) in [4.78, 5) is 32.4. The van der Waals surface area contributed by atoms with Crippen molar-refractivity contribution >= 4 is 34.3 Å². The highest BCUT2D eigenvalue weighted by Gasteiger charge is 2.48. The van der Waals surface area contributed by atoms with Gasteiger partial charge in [-0.15, -0.1) is 0 Å². The number of likely N-dealkylation sites (N-methyl/N-ethyl adjacent to an activating group) is 1. The molecular formula is C21H21ClFN5O3. The van der Waals surface area contributed by atoms with Gasteiger partial charge in [-0.1, -0.05) is 11.6 Å². The number of rotatable bonds is 4. The average molecular weight is 446 g/mol. The van der Waals surface area contributed by atoms with Crippen LogP contribution >= 0.6 is 11.6 Å². The molecule has 31 heavy (non-hydrogen) atoms. The van der Waals surface area contributed by atoms with Crippen molar-refractivity contribution in [2.24, 2.45) is 0 Å². The van der Waals surface area contributed by atoms with E-state index in [2.05, 4.69) is 10.1 Å². The summed E-state index contributed by atoms with van der Waals surface area (Å²) in [7, 11) is 1.69. The van der Waals surface area contributed by atoms with E-state index in [-0.39, 0.29) is 30.0 Å². The Morgan fingerprint density at radius 1 is 1.35 bits per heavy atom. The topological polar surface area (TPSA) is 94.5 Å². The SMILES string of the molecule is CN(C(=O)c1cnn2c1CN(C(=O)c1cc3c(Cl)c(F)ccc3[nH]1)CC2)C1(CO)CC1. The summed E-state index contributed by atoms with van der Waals surface area (Å²) in [5, 5.41) is 14.4. The largest absolute Gasteiger partial charge is 0.394 e. The number of aliphatic hydroxyl groups is 1. The Hall–Kier alpha value is -2.91. The zero-order valence-corrected chi connectivity index (χ0v) is 17.6. The fraction of sp³-hybridized carbons (Fsp3) is 0.381. The first-order valence-corrected chi connectivity index (χ1v) is 10.4. The Bertz CT molecular complexity index is 1220. The van der Waals surface area contributed by atoms with Gasteiger partial charge in [0.05, 0.1) is 47.7 Å². The summed E-state index contributed by atoms with van der Waals surface area (Å²) in [6.45, 7) is 1.03. The van der Waals surface area contributed by atoms with Crippen LogP contribution in [0.2, 0.25) is 5.02 Å². The molecule has 2 aliphatic rings. The number of amides is 2. The first-order valence-electron chi connectivity index (χ1n) is 10.0. The Balaban J connectivity index is 1.41. The number of aliphatic hydroxyl groups excluding tert-OH is 1. The van der Waals surface area contributed by atoms with Crippen LogP contribution in [-0.2, 0) is 13.1 Å². The Morgan fingerprint density at radius 2 is 2.13 bits per heavy atom. The summed E-state index contributed by atoms with van der Waals surface area (Å²) in [6.07, 6.45) is 3.06. The van der Waals surface area contributed by atoms with Crippen molar-refractivity contribution in [2.45, 2.75) is 31.5 Å². The maximum Gasteiger partial charge on any atom is 0.270 e. The highest BCUT2D eigenvalue weighted by Crippen LogP contribution is 2.41. The van der Waals surface area contributed by atoms with Gasteiger partial charge in [0.25, 0.3) is 11.8 Å². The van der Waals surface area contributed by atoms with E-state index in [0.717, 1.165) is 12.8 Å². The van der Waals surface area contributed by atoms with Crippen LogP contribution in [0.4, 0.5) is 4.39 Å². The van der Waals surface area contributed by atoms with Crippen molar-refractivity contribution in [3.8, 4) is 0 Å². The quantitative estimate of drug-likeness (QED) is 0.644. The molecule has 3 aromatic rings. The number of H-pyrrole nitrogens is 1. The zero-order chi connectivity index (χ0) is 21.9. The predicted molar refractivity (Wildman–Crippen MR) is 111 cm³/mol. The van der Waals surface area contributed by atoms with Gasteiger partial charge in [-0.25, -0.2) is 4.39 Å². The van der Waals surface area contributed by atoms with Gasteiger partial charge in [-0.05, 0) is 31.0 Å². The van der Waals surface area contributed by atoms with Crippen LogP contribution in [0.25, 0.3) is 10.9 Å². The fourth-order valence-corrected chi connectivity index (χ4v) is 4.38. The van der Waals surface area contributed by atoms with Gasteiger partial charge < -0.3 is 19.9 Å². The summed E-state index contributed by atoms with van der Waals surface area (Å²) in [5.74, 6) is -1.02. The molecule has 1 fully saturated rings. The van der Waals surface area contributed by atoms with Crippen LogP contribution in [0.1, 0.15) is 39.4 Å². The molecule has 1 aliphatic heterocycles. The van der Waals surface area contributed by atoms with Gasteiger partial charge in [-0.2, -0.15) is 5.10 Å². The van der Waals surface area contributed by atoms with Gasteiger partial charge >= 0.3 is 0 Å². The number of hydrogen-bond donors (Lipinski definition) is 2. The van der Waals surface area contributed by atoms with Crippen molar-refractivity contribution in [2.75, 3.05) is 20.2 Å². The molecule has 0 bridgehead atoms. The summed E-state index contributed by atoms with van der Waals surface area (Å²) in [6, 6.07) is 4.34. The molecule has 2 amide bonds. The van der Waals surface area contributed by atoms with Crippen molar-refractivity contribution in [1.29, 1.82) is 0 Å². The van der Waals surface area contributed by atoms with E-state index in [1.54, 1.807) is 33.7 Å². The van der Waals surface area contributed by atoms with Crippen LogP contribution in [0.5, 0.6) is 0 Å². The number of nitrogens with one attached hydrogen (secondary N) is 1. The van der Waals surface area contributed by atoms with Gasteiger partial charge in [-0.3, -0.25) is 14.3 Å². The molecule has 10 heteroatoms. The lowest BCUT2D eigenvalue weighted by Gasteiger charge is -2.30. The molecule has 5 rings (SSSR count). The Morgan fingerprint density at radius 3 is 2.84 bits per heavy atom. The number of carbonyl (C=O) groups excluding carboxylic acids is 2. The zero-order valence-electron chi connectivity index (χ0n) is 16.9. The number of fused-ring (bicyclic) bond motifs is 2. The van der Waals surface area contributed by atoms with Gasteiger partial charge in [0.2, 0.25) is 0 Å². The summed E-state index contributed by atoms with van der Waals surface area (Å²) in [5.41, 5.74) is 1.48.